The standard InChI is InChI=1S/C19H22N4S/c1-13-3-5-16(6-4-13)19-21-12-17(24-19)11-20-18-9-10-22-23(18)14(2)15-7-8-15/h3-6,9-10,12,14-15,20H,7-8,11H2,1-2H3/t14-/m1/s1. The maximum absolute atomic E-state index is 4.57. The van der Waals surface area contributed by atoms with Crippen molar-refractivity contribution in [1.82, 2.24) is 14.8 Å². The fourth-order valence-corrected chi connectivity index (χ4v) is 3.81. The molecule has 2 aromatic heterocycles. The number of anilines is 1. The monoisotopic (exact) mass is 338 g/mol. The van der Waals surface area contributed by atoms with Gasteiger partial charge in [-0.3, -0.25) is 0 Å². The normalized spacial score (nSPS) is 15.4. The molecule has 124 valence electrons. The topological polar surface area (TPSA) is 42.7 Å². The first-order valence-corrected chi connectivity index (χ1v) is 9.31. The molecule has 0 amide bonds. The summed E-state index contributed by atoms with van der Waals surface area (Å²) in [5.74, 6) is 1.89. The zero-order chi connectivity index (χ0) is 16.5. The van der Waals surface area contributed by atoms with Gasteiger partial charge in [0.1, 0.15) is 10.8 Å². The lowest BCUT2D eigenvalue weighted by Gasteiger charge is -2.15. The maximum Gasteiger partial charge on any atom is 0.124 e. The van der Waals surface area contributed by atoms with Crippen molar-refractivity contribution < 1.29 is 0 Å². The van der Waals surface area contributed by atoms with E-state index in [4.69, 9.17) is 0 Å². The summed E-state index contributed by atoms with van der Waals surface area (Å²) in [5, 5.41) is 9.09. The maximum atomic E-state index is 4.57. The number of benzene rings is 1. The van der Waals surface area contributed by atoms with Crippen molar-refractivity contribution in [3.63, 3.8) is 0 Å². The number of hydrogen-bond donors (Lipinski definition) is 1. The summed E-state index contributed by atoms with van der Waals surface area (Å²) in [6.07, 6.45) is 6.51. The van der Waals surface area contributed by atoms with E-state index < -0.39 is 0 Å². The van der Waals surface area contributed by atoms with Crippen LogP contribution in [0.1, 0.15) is 36.2 Å². The molecule has 1 aromatic carbocycles. The van der Waals surface area contributed by atoms with Gasteiger partial charge in [0.25, 0.3) is 0 Å². The van der Waals surface area contributed by atoms with Crippen molar-refractivity contribution in [2.45, 2.75) is 39.3 Å². The van der Waals surface area contributed by atoms with E-state index >= 15 is 0 Å². The SMILES string of the molecule is Cc1ccc(-c2ncc(CNc3ccnn3[C@H](C)C3CC3)s2)cc1. The first-order valence-electron chi connectivity index (χ1n) is 8.50. The number of rotatable bonds is 6. The van der Waals surface area contributed by atoms with E-state index in [-0.39, 0.29) is 0 Å². The minimum absolute atomic E-state index is 0.479. The summed E-state index contributed by atoms with van der Waals surface area (Å²) >= 11 is 1.74. The van der Waals surface area contributed by atoms with Crippen LogP contribution in [-0.2, 0) is 6.54 Å². The molecular weight excluding hydrogens is 316 g/mol. The summed E-state index contributed by atoms with van der Waals surface area (Å²) in [6, 6.07) is 11.1. The lowest BCUT2D eigenvalue weighted by atomic mass is 10.2. The van der Waals surface area contributed by atoms with Crippen molar-refractivity contribution in [2.24, 2.45) is 5.92 Å². The van der Waals surface area contributed by atoms with E-state index in [1.54, 1.807) is 11.3 Å². The van der Waals surface area contributed by atoms with Crippen LogP contribution >= 0.6 is 11.3 Å². The van der Waals surface area contributed by atoms with Gasteiger partial charge in [0.15, 0.2) is 0 Å². The highest BCUT2D eigenvalue weighted by atomic mass is 32.1. The summed E-state index contributed by atoms with van der Waals surface area (Å²) < 4.78 is 2.12. The molecule has 0 radical (unpaired) electrons. The molecule has 0 aliphatic heterocycles. The van der Waals surface area contributed by atoms with Gasteiger partial charge < -0.3 is 5.32 Å². The predicted octanol–water partition coefficient (Wildman–Crippen LogP) is 4.90. The number of aryl methyl sites for hydroxylation is 1. The molecule has 4 nitrogen and oxygen atoms in total. The van der Waals surface area contributed by atoms with Crippen molar-refractivity contribution in [3.05, 3.63) is 53.2 Å². The van der Waals surface area contributed by atoms with E-state index in [1.807, 2.05) is 12.4 Å². The highest BCUT2D eigenvalue weighted by Crippen LogP contribution is 2.40. The summed E-state index contributed by atoms with van der Waals surface area (Å²) in [5.41, 5.74) is 2.46. The minimum Gasteiger partial charge on any atom is -0.365 e. The molecule has 0 unspecified atom stereocenters. The van der Waals surface area contributed by atoms with Gasteiger partial charge in [0.05, 0.1) is 18.8 Å². The number of aromatic nitrogens is 3. The lowest BCUT2D eigenvalue weighted by molar-refractivity contribution is 0.444. The summed E-state index contributed by atoms with van der Waals surface area (Å²) in [7, 11) is 0. The molecule has 1 aliphatic carbocycles. The molecule has 1 saturated carbocycles. The van der Waals surface area contributed by atoms with Crippen LogP contribution in [0.4, 0.5) is 5.82 Å². The van der Waals surface area contributed by atoms with E-state index in [2.05, 4.69) is 64.3 Å². The van der Waals surface area contributed by atoms with Crippen molar-refractivity contribution >= 4 is 17.2 Å². The molecule has 24 heavy (non-hydrogen) atoms. The number of nitrogens with one attached hydrogen (secondary N) is 1. The molecule has 0 spiro atoms. The largest absolute Gasteiger partial charge is 0.365 e. The average Bonchev–Trinajstić information content (AvgIpc) is 3.15. The molecule has 4 rings (SSSR count). The Morgan fingerprint density at radius 1 is 1.25 bits per heavy atom. The quantitative estimate of drug-likeness (QED) is 0.695. The first kappa shape index (κ1) is 15.4. The summed E-state index contributed by atoms with van der Waals surface area (Å²) in [6.45, 7) is 5.15. The Hall–Kier alpha value is -2.14. The average molecular weight is 338 g/mol. The smallest absolute Gasteiger partial charge is 0.124 e. The molecule has 0 bridgehead atoms. The van der Waals surface area contributed by atoms with Crippen molar-refractivity contribution in [3.8, 4) is 10.6 Å². The Kier molecular flexibility index (Phi) is 4.10. The molecule has 5 heteroatoms. The first-order chi connectivity index (χ1) is 11.7. The third-order valence-corrected chi connectivity index (χ3v) is 5.70. The highest BCUT2D eigenvalue weighted by molar-refractivity contribution is 7.15. The second-order valence-corrected chi connectivity index (χ2v) is 7.71. The van der Waals surface area contributed by atoms with Gasteiger partial charge in [-0.1, -0.05) is 29.8 Å². The van der Waals surface area contributed by atoms with E-state index in [0.717, 1.165) is 23.3 Å². The van der Waals surface area contributed by atoms with Crippen molar-refractivity contribution in [2.75, 3.05) is 5.32 Å². The van der Waals surface area contributed by atoms with Crippen LogP contribution in [-0.4, -0.2) is 14.8 Å². The highest BCUT2D eigenvalue weighted by Gasteiger charge is 2.30. The van der Waals surface area contributed by atoms with Crippen LogP contribution in [0.3, 0.4) is 0 Å². The Bertz CT molecular complexity index is 814. The van der Waals surface area contributed by atoms with Gasteiger partial charge in [-0.25, -0.2) is 9.67 Å². The number of nitrogens with zero attached hydrogens (tertiary/aromatic N) is 3. The molecule has 1 atom stereocenters. The zero-order valence-corrected chi connectivity index (χ0v) is 14.9. The minimum atomic E-state index is 0.479. The van der Waals surface area contributed by atoms with Crippen LogP contribution in [0.15, 0.2) is 42.7 Å². The lowest BCUT2D eigenvalue weighted by Crippen LogP contribution is -2.13. The number of thiazole rings is 1. The Balaban J connectivity index is 1.43. The van der Waals surface area contributed by atoms with Gasteiger partial charge >= 0.3 is 0 Å². The van der Waals surface area contributed by atoms with Crippen LogP contribution in [0.5, 0.6) is 0 Å². The molecule has 3 aromatic rings. The molecule has 1 aliphatic rings. The van der Waals surface area contributed by atoms with E-state index in [0.29, 0.717) is 6.04 Å². The Morgan fingerprint density at radius 2 is 2.04 bits per heavy atom. The van der Waals surface area contributed by atoms with Crippen LogP contribution < -0.4 is 5.32 Å². The molecule has 1 fully saturated rings. The fourth-order valence-electron chi connectivity index (χ4n) is 2.95. The fraction of sp³-hybridized carbons (Fsp3) is 0.368. The third-order valence-electron chi connectivity index (χ3n) is 4.66. The molecular formula is C19H22N4S. The van der Waals surface area contributed by atoms with Crippen LogP contribution in [0, 0.1) is 12.8 Å². The van der Waals surface area contributed by atoms with Crippen LogP contribution in [0.2, 0.25) is 0 Å². The predicted molar refractivity (Wildman–Crippen MR) is 99.3 cm³/mol. The third kappa shape index (κ3) is 3.22. The molecule has 0 saturated heterocycles. The van der Waals surface area contributed by atoms with E-state index in [1.165, 1.54) is 28.8 Å². The second kappa shape index (κ2) is 6.40. The van der Waals surface area contributed by atoms with Crippen LogP contribution in [0.25, 0.3) is 10.6 Å². The van der Waals surface area contributed by atoms with Gasteiger partial charge in [-0.15, -0.1) is 11.3 Å². The summed E-state index contributed by atoms with van der Waals surface area (Å²) in [4.78, 5) is 5.80. The second-order valence-electron chi connectivity index (χ2n) is 6.59. The molecule has 2 heterocycles. The van der Waals surface area contributed by atoms with Crippen molar-refractivity contribution in [1.29, 1.82) is 0 Å². The van der Waals surface area contributed by atoms with E-state index in [9.17, 15) is 0 Å². The zero-order valence-electron chi connectivity index (χ0n) is 14.1. The van der Waals surface area contributed by atoms with Gasteiger partial charge in [0.2, 0.25) is 0 Å². The molecule has 1 N–H and O–H groups in total. The number of hydrogen-bond acceptors (Lipinski definition) is 4. The Labute approximate surface area is 146 Å². The van der Waals surface area contributed by atoms with Gasteiger partial charge in [0, 0.05) is 22.7 Å². The van der Waals surface area contributed by atoms with Gasteiger partial charge in [-0.05, 0) is 32.6 Å². The van der Waals surface area contributed by atoms with Gasteiger partial charge in [-0.2, -0.15) is 5.10 Å². The Morgan fingerprint density at radius 3 is 2.79 bits per heavy atom.